The van der Waals surface area contributed by atoms with Gasteiger partial charge in [0, 0.05) is 31.7 Å². The first kappa shape index (κ1) is 26.1. The second-order valence-corrected chi connectivity index (χ2v) is 9.33. The van der Waals surface area contributed by atoms with Crippen LogP contribution in [-0.4, -0.2) is 55.9 Å². The Balaban J connectivity index is 1.48. The molecule has 2 fully saturated rings. The van der Waals surface area contributed by atoms with Gasteiger partial charge in [0.25, 0.3) is 0 Å². The maximum atomic E-state index is 12.7. The quantitative estimate of drug-likeness (QED) is 0.486. The van der Waals surface area contributed by atoms with Crippen LogP contribution >= 0.6 is 11.6 Å². The molecule has 0 aromatic heterocycles. The van der Waals surface area contributed by atoms with Gasteiger partial charge in [-0.15, -0.1) is 0 Å². The molecule has 0 saturated carbocycles. The van der Waals surface area contributed by atoms with E-state index in [-0.39, 0.29) is 19.1 Å². The van der Waals surface area contributed by atoms with Crippen molar-refractivity contribution < 1.29 is 38.1 Å². The summed E-state index contributed by atoms with van der Waals surface area (Å²) >= 11 is 6.50. The molecule has 0 spiro atoms. The predicted octanol–water partition coefficient (Wildman–Crippen LogP) is 3.99. The summed E-state index contributed by atoms with van der Waals surface area (Å²) in [5, 5.41) is 0.599. The third kappa shape index (κ3) is 6.84. The lowest BCUT2D eigenvalue weighted by Gasteiger charge is -2.33. The third-order valence-corrected chi connectivity index (χ3v) is 6.46. The highest BCUT2D eigenvalue weighted by Gasteiger charge is 2.40. The molecule has 0 bridgehead atoms. The van der Waals surface area contributed by atoms with E-state index in [0.717, 1.165) is 35.5 Å². The molecular formula is C27H29ClO8. The topological polar surface area (TPSA) is 97.4 Å². The highest BCUT2D eigenvalue weighted by atomic mass is 35.5. The van der Waals surface area contributed by atoms with E-state index in [4.69, 9.17) is 35.3 Å². The van der Waals surface area contributed by atoms with E-state index in [2.05, 4.69) is 0 Å². The lowest BCUT2D eigenvalue weighted by molar-refractivity contribution is -0.178. The van der Waals surface area contributed by atoms with Crippen LogP contribution < -0.4 is 4.74 Å². The van der Waals surface area contributed by atoms with Crippen molar-refractivity contribution in [3.05, 3.63) is 64.2 Å². The fraction of sp³-hybridized carbons (Fsp3) is 0.444. The minimum Gasteiger partial charge on any atom is -0.488 e. The molecule has 0 amide bonds. The molecule has 0 N–H and O–H groups in total. The lowest BCUT2D eigenvalue weighted by Crippen LogP contribution is -2.46. The monoisotopic (exact) mass is 516 g/mol. The summed E-state index contributed by atoms with van der Waals surface area (Å²) in [7, 11) is 0. The van der Waals surface area contributed by atoms with Crippen molar-refractivity contribution in [2.75, 3.05) is 19.8 Å². The van der Waals surface area contributed by atoms with Gasteiger partial charge in [-0.2, -0.15) is 0 Å². The number of rotatable bonds is 8. The van der Waals surface area contributed by atoms with Crippen molar-refractivity contribution >= 4 is 29.3 Å². The Morgan fingerprint density at radius 3 is 2.53 bits per heavy atom. The molecule has 9 heteroatoms. The van der Waals surface area contributed by atoms with Gasteiger partial charge in [0.2, 0.25) is 5.78 Å². The SMILES string of the molecule is CC(=O)OCC1OC(c2ccc(Cl)c(Cc3ccc(OC4CCOC4)cc3)c2)CC(OC(C)=O)C1=O. The van der Waals surface area contributed by atoms with Crippen LogP contribution in [-0.2, 0) is 39.8 Å². The maximum Gasteiger partial charge on any atom is 0.303 e. The van der Waals surface area contributed by atoms with E-state index < -0.39 is 36.0 Å². The number of ketones is 1. The van der Waals surface area contributed by atoms with Crippen molar-refractivity contribution in [1.82, 2.24) is 0 Å². The van der Waals surface area contributed by atoms with E-state index in [1.165, 1.54) is 13.8 Å². The first-order valence-electron chi connectivity index (χ1n) is 11.9. The number of carbonyl (C=O) groups is 3. The largest absolute Gasteiger partial charge is 0.488 e. The molecular weight excluding hydrogens is 488 g/mol. The Morgan fingerprint density at radius 2 is 1.86 bits per heavy atom. The lowest BCUT2D eigenvalue weighted by atomic mass is 9.93. The Hall–Kier alpha value is -2.94. The summed E-state index contributed by atoms with van der Waals surface area (Å²) in [6.45, 7) is 3.59. The number of carbonyl (C=O) groups excluding carboxylic acids is 3. The van der Waals surface area contributed by atoms with E-state index in [1.54, 1.807) is 6.07 Å². The fourth-order valence-corrected chi connectivity index (χ4v) is 4.49. The molecule has 8 nitrogen and oxygen atoms in total. The Morgan fingerprint density at radius 1 is 1.08 bits per heavy atom. The second-order valence-electron chi connectivity index (χ2n) is 8.93. The van der Waals surface area contributed by atoms with Crippen molar-refractivity contribution in [3.63, 3.8) is 0 Å². The Labute approximate surface area is 214 Å². The van der Waals surface area contributed by atoms with Crippen molar-refractivity contribution in [2.45, 2.75) is 57.5 Å². The average molecular weight is 517 g/mol. The van der Waals surface area contributed by atoms with Gasteiger partial charge in [-0.3, -0.25) is 14.4 Å². The van der Waals surface area contributed by atoms with Gasteiger partial charge in [-0.05, 0) is 41.3 Å². The zero-order chi connectivity index (χ0) is 25.7. The zero-order valence-corrected chi connectivity index (χ0v) is 21.0. The third-order valence-electron chi connectivity index (χ3n) is 6.09. The number of ether oxygens (including phenoxy) is 5. The molecule has 2 saturated heterocycles. The number of benzene rings is 2. The van der Waals surface area contributed by atoms with Crippen LogP contribution in [0.1, 0.15) is 49.5 Å². The van der Waals surface area contributed by atoms with Crippen LogP contribution in [0, 0.1) is 0 Å². The highest BCUT2D eigenvalue weighted by Crippen LogP contribution is 2.34. The zero-order valence-electron chi connectivity index (χ0n) is 20.2. The molecule has 2 aliphatic rings. The smallest absolute Gasteiger partial charge is 0.303 e. The molecule has 2 heterocycles. The molecule has 4 unspecified atom stereocenters. The van der Waals surface area contributed by atoms with Crippen LogP contribution in [0.2, 0.25) is 5.02 Å². The minimum absolute atomic E-state index is 0.0878. The first-order valence-corrected chi connectivity index (χ1v) is 12.3. The van der Waals surface area contributed by atoms with Crippen molar-refractivity contribution in [3.8, 4) is 5.75 Å². The van der Waals surface area contributed by atoms with Gasteiger partial charge in [0.05, 0.1) is 19.3 Å². The molecule has 2 aromatic carbocycles. The summed E-state index contributed by atoms with van der Waals surface area (Å²) < 4.78 is 27.5. The number of hydrogen-bond donors (Lipinski definition) is 0. The molecule has 192 valence electrons. The van der Waals surface area contributed by atoms with Crippen LogP contribution in [0.5, 0.6) is 5.75 Å². The normalized spacial score (nSPS) is 23.8. The minimum atomic E-state index is -1.03. The van der Waals surface area contributed by atoms with Crippen molar-refractivity contribution in [2.24, 2.45) is 0 Å². The van der Waals surface area contributed by atoms with E-state index >= 15 is 0 Å². The molecule has 36 heavy (non-hydrogen) atoms. The first-order chi connectivity index (χ1) is 17.3. The fourth-order valence-electron chi connectivity index (χ4n) is 4.31. The molecule has 2 aromatic rings. The standard InChI is InChI=1S/C27H29ClO8/c1-16(29)33-15-26-27(31)25(34-17(2)30)13-24(36-26)19-5-8-23(28)20(12-19)11-18-3-6-21(7-4-18)35-22-9-10-32-14-22/h3-8,12,22,24-26H,9-11,13-15H2,1-2H3. The Kier molecular flexibility index (Phi) is 8.61. The number of hydrogen-bond acceptors (Lipinski definition) is 8. The van der Waals surface area contributed by atoms with Crippen LogP contribution in [0.4, 0.5) is 0 Å². The van der Waals surface area contributed by atoms with Crippen LogP contribution in [0.3, 0.4) is 0 Å². The summed E-state index contributed by atoms with van der Waals surface area (Å²) in [5.41, 5.74) is 2.72. The summed E-state index contributed by atoms with van der Waals surface area (Å²) in [4.78, 5) is 35.5. The highest BCUT2D eigenvalue weighted by molar-refractivity contribution is 6.31. The van der Waals surface area contributed by atoms with Gasteiger partial charge < -0.3 is 23.7 Å². The van der Waals surface area contributed by atoms with Gasteiger partial charge in [-0.25, -0.2) is 0 Å². The number of Topliss-reactive ketones (excluding diaryl/α,β-unsaturated/α-hetero) is 1. The number of halogens is 1. The molecule has 4 atom stereocenters. The van der Waals surface area contributed by atoms with Crippen molar-refractivity contribution in [1.29, 1.82) is 0 Å². The predicted molar refractivity (Wildman–Crippen MR) is 130 cm³/mol. The van der Waals surface area contributed by atoms with E-state index in [9.17, 15) is 14.4 Å². The van der Waals surface area contributed by atoms with Gasteiger partial charge in [0.1, 0.15) is 18.5 Å². The Bertz CT molecular complexity index is 1090. The molecule has 0 radical (unpaired) electrons. The van der Waals surface area contributed by atoms with Gasteiger partial charge in [0.15, 0.2) is 12.2 Å². The van der Waals surface area contributed by atoms with Crippen LogP contribution in [0.25, 0.3) is 0 Å². The maximum absolute atomic E-state index is 12.7. The van der Waals surface area contributed by atoms with Gasteiger partial charge in [-0.1, -0.05) is 35.9 Å². The summed E-state index contributed by atoms with van der Waals surface area (Å²) in [6.07, 6.45) is -0.855. The van der Waals surface area contributed by atoms with E-state index in [1.807, 2.05) is 36.4 Å². The van der Waals surface area contributed by atoms with Crippen LogP contribution in [0.15, 0.2) is 42.5 Å². The number of esters is 2. The average Bonchev–Trinajstić information content (AvgIpc) is 3.35. The molecule has 2 aliphatic heterocycles. The van der Waals surface area contributed by atoms with Gasteiger partial charge >= 0.3 is 11.9 Å². The van der Waals surface area contributed by atoms with E-state index in [0.29, 0.717) is 18.1 Å². The molecule has 0 aliphatic carbocycles. The molecule has 4 rings (SSSR count). The second kappa shape index (κ2) is 11.9. The summed E-state index contributed by atoms with van der Waals surface area (Å²) in [6, 6.07) is 13.4. The summed E-state index contributed by atoms with van der Waals surface area (Å²) in [5.74, 6) is -0.725.